The summed E-state index contributed by atoms with van der Waals surface area (Å²) in [6.45, 7) is 3.40. The number of aromatic nitrogens is 3. The third-order valence-corrected chi connectivity index (χ3v) is 2.85. The van der Waals surface area contributed by atoms with Crippen molar-refractivity contribution in [2.45, 2.75) is 20.0 Å². The summed E-state index contributed by atoms with van der Waals surface area (Å²) >= 11 is 1.19. The van der Waals surface area contributed by atoms with Crippen LogP contribution >= 0.6 is 11.3 Å². The van der Waals surface area contributed by atoms with Gasteiger partial charge in [0.25, 0.3) is 0 Å². The molecule has 0 atom stereocenters. The van der Waals surface area contributed by atoms with Crippen LogP contribution in [0.2, 0.25) is 0 Å². The van der Waals surface area contributed by atoms with Gasteiger partial charge < -0.3 is 10.3 Å². The minimum absolute atomic E-state index is 0.00806. The number of nitrogens with zero attached hydrogens (tertiary/aromatic N) is 1. The van der Waals surface area contributed by atoms with E-state index in [0.29, 0.717) is 6.54 Å². The van der Waals surface area contributed by atoms with Gasteiger partial charge in [-0.05, 0) is 6.92 Å². The molecule has 0 aliphatic carbocycles. The molecule has 0 aliphatic heterocycles. The molecule has 80 valence electrons. The number of hydrogen-bond donors (Lipinski definition) is 3. The molecule has 0 spiro atoms. The maximum Gasteiger partial charge on any atom is 0.304 e. The first-order valence-electron chi connectivity index (χ1n) is 4.62. The Labute approximate surface area is 90.6 Å². The maximum absolute atomic E-state index is 10.9. The van der Waals surface area contributed by atoms with Gasteiger partial charge >= 0.3 is 4.87 Å². The Morgan fingerprint density at radius 1 is 1.53 bits per heavy atom. The Bertz CT molecular complexity index is 484. The van der Waals surface area contributed by atoms with E-state index in [1.54, 1.807) is 6.20 Å². The molecule has 6 heteroatoms. The van der Waals surface area contributed by atoms with E-state index in [2.05, 4.69) is 20.5 Å². The second-order valence-corrected chi connectivity index (χ2v) is 4.14. The first-order chi connectivity index (χ1) is 7.25. The van der Waals surface area contributed by atoms with Gasteiger partial charge in [-0.2, -0.15) is 5.10 Å². The van der Waals surface area contributed by atoms with Crippen molar-refractivity contribution in [2.75, 3.05) is 0 Å². The average molecular weight is 224 g/mol. The second-order valence-electron chi connectivity index (χ2n) is 3.30. The van der Waals surface area contributed by atoms with Crippen molar-refractivity contribution in [2.24, 2.45) is 0 Å². The van der Waals surface area contributed by atoms with E-state index in [0.717, 1.165) is 23.5 Å². The third kappa shape index (κ3) is 2.54. The highest BCUT2D eigenvalue weighted by molar-refractivity contribution is 7.07. The smallest absolute Gasteiger partial charge is 0.304 e. The molecule has 0 unspecified atom stereocenters. The summed E-state index contributed by atoms with van der Waals surface area (Å²) in [4.78, 5) is 13.6. The molecule has 0 bridgehead atoms. The van der Waals surface area contributed by atoms with Crippen molar-refractivity contribution in [3.8, 4) is 0 Å². The van der Waals surface area contributed by atoms with Gasteiger partial charge in [0.2, 0.25) is 0 Å². The molecule has 0 fully saturated rings. The van der Waals surface area contributed by atoms with E-state index in [-0.39, 0.29) is 4.87 Å². The molecule has 2 rings (SSSR count). The van der Waals surface area contributed by atoms with Gasteiger partial charge in [0, 0.05) is 35.4 Å². The van der Waals surface area contributed by atoms with Crippen molar-refractivity contribution >= 4 is 11.3 Å². The normalized spacial score (nSPS) is 10.7. The Hall–Kier alpha value is -1.40. The van der Waals surface area contributed by atoms with Crippen LogP contribution in [0.5, 0.6) is 0 Å². The predicted octanol–water partition coefficient (Wildman–Crippen LogP) is 0.758. The highest BCUT2D eigenvalue weighted by atomic mass is 32.1. The highest BCUT2D eigenvalue weighted by Gasteiger charge is 2.00. The molecule has 2 heterocycles. The number of hydrogen-bond acceptors (Lipinski definition) is 4. The zero-order chi connectivity index (χ0) is 10.7. The summed E-state index contributed by atoms with van der Waals surface area (Å²) in [7, 11) is 0. The fraction of sp³-hybridized carbons (Fsp3) is 0.333. The zero-order valence-corrected chi connectivity index (χ0v) is 9.15. The van der Waals surface area contributed by atoms with Gasteiger partial charge in [0.15, 0.2) is 0 Å². The van der Waals surface area contributed by atoms with E-state index < -0.39 is 0 Å². The summed E-state index contributed by atoms with van der Waals surface area (Å²) < 4.78 is 0. The zero-order valence-electron chi connectivity index (χ0n) is 8.33. The van der Waals surface area contributed by atoms with Crippen LogP contribution in [0.25, 0.3) is 0 Å². The highest BCUT2D eigenvalue weighted by Crippen LogP contribution is 2.02. The third-order valence-electron chi connectivity index (χ3n) is 2.14. The van der Waals surface area contributed by atoms with Gasteiger partial charge in [0.05, 0.1) is 6.20 Å². The molecular formula is C9H12N4OS. The molecule has 0 radical (unpaired) electrons. The predicted molar refractivity (Wildman–Crippen MR) is 58.8 cm³/mol. The summed E-state index contributed by atoms with van der Waals surface area (Å²) in [5.41, 5.74) is 3.14. The van der Waals surface area contributed by atoms with Gasteiger partial charge in [-0.25, -0.2) is 0 Å². The van der Waals surface area contributed by atoms with Crippen molar-refractivity contribution in [3.63, 3.8) is 0 Å². The van der Waals surface area contributed by atoms with Crippen molar-refractivity contribution < 1.29 is 0 Å². The lowest BCUT2D eigenvalue weighted by Gasteiger charge is -2.01. The summed E-state index contributed by atoms with van der Waals surface area (Å²) in [6.07, 6.45) is 1.80. The monoisotopic (exact) mass is 224 g/mol. The van der Waals surface area contributed by atoms with Crippen molar-refractivity contribution in [1.29, 1.82) is 0 Å². The van der Waals surface area contributed by atoms with Crippen LogP contribution in [0.4, 0.5) is 0 Å². The minimum Gasteiger partial charge on any atom is -0.315 e. The van der Waals surface area contributed by atoms with E-state index >= 15 is 0 Å². The number of aromatic amines is 2. The summed E-state index contributed by atoms with van der Waals surface area (Å²) in [6, 6.07) is 0. The van der Waals surface area contributed by atoms with E-state index in [1.165, 1.54) is 11.3 Å². The molecule has 0 saturated heterocycles. The lowest BCUT2D eigenvalue weighted by molar-refractivity contribution is 0.679. The Morgan fingerprint density at radius 3 is 3.00 bits per heavy atom. The van der Waals surface area contributed by atoms with Crippen LogP contribution in [0.3, 0.4) is 0 Å². The van der Waals surface area contributed by atoms with Crippen LogP contribution in [0.1, 0.15) is 17.0 Å². The van der Waals surface area contributed by atoms with E-state index in [1.807, 2.05) is 12.3 Å². The Morgan fingerprint density at radius 2 is 2.40 bits per heavy atom. The quantitative estimate of drug-likeness (QED) is 0.717. The lowest BCUT2D eigenvalue weighted by Crippen LogP contribution is -2.14. The standard InChI is InChI=1S/C9H12N4OS/c1-6-7(3-11-13-6)2-10-4-8-5-15-9(14)12-8/h3,5,10H,2,4H2,1H3,(H,11,13)(H,12,14). The summed E-state index contributed by atoms with van der Waals surface area (Å²) in [5.74, 6) is 0. The van der Waals surface area contributed by atoms with E-state index in [9.17, 15) is 4.79 Å². The van der Waals surface area contributed by atoms with Crippen molar-refractivity contribution in [1.82, 2.24) is 20.5 Å². The van der Waals surface area contributed by atoms with Crippen LogP contribution in [0.15, 0.2) is 16.4 Å². The topological polar surface area (TPSA) is 73.6 Å². The molecule has 0 aliphatic rings. The van der Waals surface area contributed by atoms with Gasteiger partial charge in [0.1, 0.15) is 0 Å². The Balaban J connectivity index is 1.85. The lowest BCUT2D eigenvalue weighted by atomic mass is 10.2. The van der Waals surface area contributed by atoms with Crippen LogP contribution < -0.4 is 10.2 Å². The second kappa shape index (κ2) is 4.41. The molecule has 15 heavy (non-hydrogen) atoms. The molecule has 0 amide bonds. The molecular weight excluding hydrogens is 212 g/mol. The van der Waals surface area contributed by atoms with Gasteiger partial charge in [-0.1, -0.05) is 11.3 Å². The Kier molecular flexibility index (Phi) is 2.98. The number of rotatable bonds is 4. The van der Waals surface area contributed by atoms with Crippen LogP contribution in [0, 0.1) is 6.92 Å². The number of aryl methyl sites for hydroxylation is 1. The van der Waals surface area contributed by atoms with Crippen molar-refractivity contribution in [3.05, 3.63) is 38.2 Å². The van der Waals surface area contributed by atoms with Gasteiger partial charge in [-0.15, -0.1) is 0 Å². The number of thiazole rings is 1. The number of H-pyrrole nitrogens is 2. The fourth-order valence-corrected chi connectivity index (χ4v) is 1.87. The first kappa shape index (κ1) is 10.1. The average Bonchev–Trinajstić information content (AvgIpc) is 2.77. The van der Waals surface area contributed by atoms with Gasteiger partial charge in [-0.3, -0.25) is 9.89 Å². The minimum atomic E-state index is -0.00806. The van der Waals surface area contributed by atoms with Crippen LogP contribution in [-0.4, -0.2) is 15.2 Å². The molecule has 3 N–H and O–H groups in total. The first-order valence-corrected chi connectivity index (χ1v) is 5.50. The molecule has 2 aromatic heterocycles. The molecule has 2 aromatic rings. The molecule has 0 aromatic carbocycles. The van der Waals surface area contributed by atoms with Crippen LogP contribution in [-0.2, 0) is 13.1 Å². The number of nitrogens with one attached hydrogen (secondary N) is 3. The van der Waals surface area contributed by atoms with E-state index in [4.69, 9.17) is 0 Å². The fourth-order valence-electron chi connectivity index (χ4n) is 1.29. The SMILES string of the molecule is Cc1[nH]ncc1CNCc1csc(=O)[nH]1. The molecule has 5 nitrogen and oxygen atoms in total. The largest absolute Gasteiger partial charge is 0.315 e. The molecule has 0 saturated carbocycles. The summed E-state index contributed by atoms with van der Waals surface area (Å²) in [5, 5.41) is 11.9. The maximum atomic E-state index is 10.9.